The Bertz CT molecular complexity index is 1150. The van der Waals surface area contributed by atoms with Crippen LogP contribution in [0, 0.1) is 0 Å². The van der Waals surface area contributed by atoms with Gasteiger partial charge in [0.15, 0.2) is 0 Å². The predicted molar refractivity (Wildman–Crippen MR) is 132 cm³/mol. The summed E-state index contributed by atoms with van der Waals surface area (Å²) in [4.78, 5) is 48.2. The molecular formula is C25H31N5O4. The van der Waals surface area contributed by atoms with Gasteiger partial charge in [-0.3, -0.25) is 19.4 Å². The molecule has 0 radical (unpaired) electrons. The van der Waals surface area contributed by atoms with Crippen molar-refractivity contribution < 1.29 is 14.3 Å². The lowest BCUT2D eigenvalue weighted by atomic mass is 9.92. The molecule has 4 rings (SSSR count). The first-order valence-corrected chi connectivity index (χ1v) is 11.7. The molecule has 1 aromatic carbocycles. The summed E-state index contributed by atoms with van der Waals surface area (Å²) in [5.41, 5.74) is 1.12. The molecule has 180 valence electrons. The van der Waals surface area contributed by atoms with Crippen LogP contribution in [0.5, 0.6) is 0 Å². The first kappa shape index (κ1) is 23.5. The molecule has 1 aromatic heterocycles. The molecule has 2 aliphatic heterocycles. The zero-order chi connectivity index (χ0) is 24.4. The van der Waals surface area contributed by atoms with Crippen molar-refractivity contribution in [2.24, 2.45) is 0 Å². The van der Waals surface area contributed by atoms with Crippen molar-refractivity contribution in [3.8, 4) is 0 Å². The third-order valence-electron chi connectivity index (χ3n) is 6.49. The second-order valence-corrected chi connectivity index (χ2v) is 8.92. The number of anilines is 3. The monoisotopic (exact) mass is 465 g/mol. The van der Waals surface area contributed by atoms with Gasteiger partial charge in [-0.2, -0.15) is 4.98 Å². The van der Waals surface area contributed by atoms with Gasteiger partial charge in [-0.05, 0) is 64.3 Å². The Morgan fingerprint density at radius 1 is 1.21 bits per heavy atom. The molecule has 1 fully saturated rings. The molecule has 0 unspecified atom stereocenters. The summed E-state index contributed by atoms with van der Waals surface area (Å²) < 4.78 is 5.40. The number of nitrogens with zero attached hydrogens (tertiary/aromatic N) is 2. The highest BCUT2D eigenvalue weighted by Crippen LogP contribution is 2.32. The van der Waals surface area contributed by atoms with Gasteiger partial charge in [0.2, 0.25) is 17.8 Å². The number of fused-ring (bicyclic) bond motifs is 1. The predicted octanol–water partition coefficient (Wildman–Crippen LogP) is 3.61. The summed E-state index contributed by atoms with van der Waals surface area (Å²) in [7, 11) is 0. The van der Waals surface area contributed by atoms with E-state index >= 15 is 0 Å². The number of aromatic amines is 1. The number of hydrogen-bond donors (Lipinski definition) is 3. The Hall–Kier alpha value is -3.62. The summed E-state index contributed by atoms with van der Waals surface area (Å²) in [6.07, 6.45) is 2.99. The van der Waals surface area contributed by atoms with Gasteiger partial charge in [-0.15, -0.1) is 0 Å². The maximum absolute atomic E-state index is 13.1. The molecule has 9 heteroatoms. The second kappa shape index (κ2) is 9.70. The van der Waals surface area contributed by atoms with E-state index in [2.05, 4.69) is 45.9 Å². The van der Waals surface area contributed by atoms with Crippen molar-refractivity contribution in [1.29, 1.82) is 0 Å². The van der Waals surface area contributed by atoms with Crippen LogP contribution in [0.25, 0.3) is 5.76 Å². The largest absolute Gasteiger partial charge is 0.494 e. The van der Waals surface area contributed by atoms with Crippen LogP contribution in [0.4, 0.5) is 17.5 Å². The quantitative estimate of drug-likeness (QED) is 0.561. The van der Waals surface area contributed by atoms with E-state index in [0.717, 1.165) is 24.8 Å². The Balaban J connectivity index is 1.59. The second-order valence-electron chi connectivity index (χ2n) is 8.92. The summed E-state index contributed by atoms with van der Waals surface area (Å²) in [5.74, 6) is -0.599. The fraction of sp³-hybridized carbons (Fsp3) is 0.440. The maximum atomic E-state index is 13.1. The van der Waals surface area contributed by atoms with Crippen molar-refractivity contribution in [2.45, 2.75) is 64.5 Å². The number of nitrogens with one attached hydrogen (secondary N) is 3. The fourth-order valence-corrected chi connectivity index (χ4v) is 4.77. The fourth-order valence-electron chi connectivity index (χ4n) is 4.77. The standard InChI is InChI=1S/C25H31N5O4/c1-5-34-16(4)17-9-11-18(12-10-17)26-23(32)19-13-20(31)27-22-21(19)24(33)29-25(28-22)30-14(2)7-6-8-15(30)3/h9-12,14-15,19H,4-8,13H2,1-3H3,(H,26,32)(H2,27,28,29,31,33)/t14-,15-,19+/m0/s1. The lowest BCUT2D eigenvalue weighted by Gasteiger charge is -2.39. The molecule has 3 heterocycles. The number of H-pyrrole nitrogens is 1. The van der Waals surface area contributed by atoms with E-state index < -0.39 is 17.4 Å². The SMILES string of the molecule is C=C(OCC)c1ccc(NC(=O)[C@@H]2CC(=O)Nc3nc(N4[C@@H](C)CCC[C@@H]4C)[nH]c(=O)c32)cc1. The normalized spacial score (nSPS) is 21.9. The number of benzene rings is 1. The summed E-state index contributed by atoms with van der Waals surface area (Å²) in [5, 5.41) is 5.50. The molecule has 3 N–H and O–H groups in total. The summed E-state index contributed by atoms with van der Waals surface area (Å²) in [6.45, 7) is 10.5. The van der Waals surface area contributed by atoms with Crippen LogP contribution in [0.1, 0.15) is 63.5 Å². The Kier molecular flexibility index (Phi) is 6.72. The van der Waals surface area contributed by atoms with Crippen molar-refractivity contribution >= 4 is 35.0 Å². The molecule has 9 nitrogen and oxygen atoms in total. The number of ether oxygens (including phenoxy) is 1. The molecular weight excluding hydrogens is 434 g/mol. The van der Waals surface area contributed by atoms with E-state index in [1.54, 1.807) is 24.3 Å². The van der Waals surface area contributed by atoms with Gasteiger partial charge in [-0.25, -0.2) is 0 Å². The minimum absolute atomic E-state index is 0.126. The third kappa shape index (κ3) is 4.69. The van der Waals surface area contributed by atoms with Crippen LogP contribution >= 0.6 is 0 Å². The average Bonchev–Trinajstić information content (AvgIpc) is 2.78. The number of carbonyl (C=O) groups excluding carboxylic acids is 2. The first-order valence-electron chi connectivity index (χ1n) is 11.7. The van der Waals surface area contributed by atoms with E-state index in [1.165, 1.54) is 0 Å². The van der Waals surface area contributed by atoms with Crippen LogP contribution in [0.3, 0.4) is 0 Å². The number of piperidine rings is 1. The Morgan fingerprint density at radius 3 is 2.53 bits per heavy atom. The summed E-state index contributed by atoms with van der Waals surface area (Å²) >= 11 is 0. The highest BCUT2D eigenvalue weighted by Gasteiger charge is 2.36. The first-order chi connectivity index (χ1) is 16.3. The number of carbonyl (C=O) groups is 2. The van der Waals surface area contributed by atoms with Crippen LogP contribution in [-0.4, -0.2) is 40.5 Å². The van der Waals surface area contributed by atoms with Crippen molar-refractivity contribution in [3.05, 3.63) is 52.3 Å². The minimum Gasteiger partial charge on any atom is -0.494 e. The van der Waals surface area contributed by atoms with Gasteiger partial charge in [0, 0.05) is 29.8 Å². The minimum atomic E-state index is -0.941. The van der Waals surface area contributed by atoms with Crippen LogP contribution in [0.2, 0.25) is 0 Å². The van der Waals surface area contributed by atoms with E-state index in [-0.39, 0.29) is 35.8 Å². The van der Waals surface area contributed by atoms with Crippen LogP contribution in [-0.2, 0) is 14.3 Å². The molecule has 0 aliphatic carbocycles. The summed E-state index contributed by atoms with van der Waals surface area (Å²) in [6, 6.07) is 7.46. The van der Waals surface area contributed by atoms with Gasteiger partial charge in [0.1, 0.15) is 11.6 Å². The number of rotatable bonds is 6. The van der Waals surface area contributed by atoms with Gasteiger partial charge in [-0.1, -0.05) is 6.58 Å². The van der Waals surface area contributed by atoms with Crippen LogP contribution in [0.15, 0.2) is 35.6 Å². The van der Waals surface area contributed by atoms with Gasteiger partial charge < -0.3 is 20.3 Å². The number of hydrogen-bond acceptors (Lipinski definition) is 6. The van der Waals surface area contributed by atoms with E-state index in [0.29, 0.717) is 24.0 Å². The highest BCUT2D eigenvalue weighted by molar-refractivity contribution is 6.04. The molecule has 2 amide bonds. The Morgan fingerprint density at radius 2 is 1.88 bits per heavy atom. The van der Waals surface area contributed by atoms with E-state index in [1.807, 2.05) is 6.92 Å². The molecule has 2 aromatic rings. The van der Waals surface area contributed by atoms with Gasteiger partial charge >= 0.3 is 0 Å². The Labute approximate surface area is 198 Å². The van der Waals surface area contributed by atoms with Crippen molar-refractivity contribution in [2.75, 3.05) is 22.1 Å². The molecule has 0 bridgehead atoms. The smallest absolute Gasteiger partial charge is 0.258 e. The lowest BCUT2D eigenvalue weighted by molar-refractivity contribution is -0.123. The molecule has 2 aliphatic rings. The van der Waals surface area contributed by atoms with E-state index in [9.17, 15) is 14.4 Å². The molecule has 0 spiro atoms. The molecule has 0 saturated carbocycles. The topological polar surface area (TPSA) is 116 Å². The molecule has 34 heavy (non-hydrogen) atoms. The maximum Gasteiger partial charge on any atom is 0.258 e. The van der Waals surface area contributed by atoms with Crippen LogP contribution < -0.4 is 21.1 Å². The van der Waals surface area contributed by atoms with Crippen molar-refractivity contribution in [3.63, 3.8) is 0 Å². The van der Waals surface area contributed by atoms with E-state index in [4.69, 9.17) is 4.74 Å². The average molecular weight is 466 g/mol. The van der Waals surface area contributed by atoms with Gasteiger partial charge in [0.05, 0.1) is 18.1 Å². The third-order valence-corrected chi connectivity index (χ3v) is 6.49. The zero-order valence-corrected chi connectivity index (χ0v) is 19.8. The molecule has 1 saturated heterocycles. The lowest BCUT2D eigenvalue weighted by Crippen LogP contribution is -2.46. The number of amides is 2. The van der Waals surface area contributed by atoms with Crippen molar-refractivity contribution in [1.82, 2.24) is 9.97 Å². The zero-order valence-electron chi connectivity index (χ0n) is 19.8. The number of aromatic nitrogens is 2. The van der Waals surface area contributed by atoms with Gasteiger partial charge in [0.25, 0.3) is 5.56 Å². The highest BCUT2D eigenvalue weighted by atomic mass is 16.5. The molecule has 3 atom stereocenters.